The molecule has 0 saturated heterocycles. The number of hydrogen-bond donors (Lipinski definition) is 2. The van der Waals surface area contributed by atoms with E-state index in [-0.39, 0.29) is 5.69 Å². The summed E-state index contributed by atoms with van der Waals surface area (Å²) in [5.74, 6) is 0.341. The number of aromatic amines is 1. The topological polar surface area (TPSA) is 48.9 Å². The van der Waals surface area contributed by atoms with Crippen molar-refractivity contribution in [2.45, 2.75) is 19.2 Å². The highest BCUT2D eigenvalue weighted by Crippen LogP contribution is 2.31. The molecule has 1 aromatic heterocycles. The van der Waals surface area contributed by atoms with Gasteiger partial charge in [-0.1, -0.05) is 0 Å². The van der Waals surface area contributed by atoms with Gasteiger partial charge in [-0.2, -0.15) is 13.2 Å². The van der Waals surface area contributed by atoms with E-state index < -0.39 is 12.3 Å². The molecule has 1 atom stereocenters. The molecule has 3 nitrogen and oxygen atoms in total. The van der Waals surface area contributed by atoms with E-state index in [4.69, 9.17) is 5.11 Å². The first-order valence-electron chi connectivity index (χ1n) is 3.17. The van der Waals surface area contributed by atoms with Crippen LogP contribution < -0.4 is 0 Å². The SMILES string of the molecule is Cc1ncc([C@H](O)C(F)(F)F)[nH]1. The third kappa shape index (κ3) is 1.76. The van der Waals surface area contributed by atoms with Gasteiger partial charge in [-0.15, -0.1) is 0 Å². The van der Waals surface area contributed by atoms with Gasteiger partial charge in [0.05, 0.1) is 11.9 Å². The van der Waals surface area contributed by atoms with E-state index in [0.717, 1.165) is 6.20 Å². The minimum absolute atomic E-state index is 0.333. The summed E-state index contributed by atoms with van der Waals surface area (Å²) >= 11 is 0. The van der Waals surface area contributed by atoms with Crippen molar-refractivity contribution in [1.29, 1.82) is 0 Å². The van der Waals surface area contributed by atoms with E-state index in [9.17, 15) is 13.2 Å². The zero-order valence-electron chi connectivity index (χ0n) is 6.18. The van der Waals surface area contributed by atoms with Gasteiger partial charge in [0, 0.05) is 0 Å². The summed E-state index contributed by atoms with van der Waals surface area (Å²) in [6.45, 7) is 1.51. The van der Waals surface area contributed by atoms with Crippen molar-refractivity contribution in [2.24, 2.45) is 0 Å². The maximum Gasteiger partial charge on any atom is 0.420 e. The fourth-order valence-electron chi connectivity index (χ4n) is 0.755. The summed E-state index contributed by atoms with van der Waals surface area (Å²) in [7, 11) is 0. The molecule has 12 heavy (non-hydrogen) atoms. The fourth-order valence-corrected chi connectivity index (χ4v) is 0.755. The molecule has 0 aliphatic rings. The van der Waals surface area contributed by atoms with Gasteiger partial charge in [-0.25, -0.2) is 4.98 Å². The lowest BCUT2D eigenvalue weighted by atomic mass is 10.3. The summed E-state index contributed by atoms with van der Waals surface area (Å²) < 4.78 is 35.5. The van der Waals surface area contributed by atoms with Crippen LogP contribution in [0, 0.1) is 6.92 Å². The summed E-state index contributed by atoms with van der Waals surface area (Å²) in [5, 5.41) is 8.67. The van der Waals surface area contributed by atoms with E-state index in [2.05, 4.69) is 9.97 Å². The number of H-pyrrole nitrogens is 1. The number of imidazole rings is 1. The molecule has 2 N–H and O–H groups in total. The number of alkyl halides is 3. The first kappa shape index (κ1) is 9.05. The molecule has 0 saturated carbocycles. The summed E-state index contributed by atoms with van der Waals surface area (Å²) in [5.41, 5.74) is -0.333. The van der Waals surface area contributed by atoms with Crippen molar-refractivity contribution in [3.8, 4) is 0 Å². The van der Waals surface area contributed by atoms with Crippen LogP contribution in [0.15, 0.2) is 6.20 Å². The van der Waals surface area contributed by atoms with Crippen LogP contribution in [0.25, 0.3) is 0 Å². The Balaban J connectivity index is 2.85. The van der Waals surface area contributed by atoms with E-state index in [0.29, 0.717) is 5.82 Å². The first-order valence-corrected chi connectivity index (χ1v) is 3.17. The van der Waals surface area contributed by atoms with E-state index in [1.807, 2.05) is 0 Å². The van der Waals surface area contributed by atoms with Gasteiger partial charge in [0.25, 0.3) is 0 Å². The average Bonchev–Trinajstić information content (AvgIpc) is 2.32. The molecule has 0 spiro atoms. The molecule has 0 radical (unpaired) electrons. The predicted molar refractivity (Wildman–Crippen MR) is 34.3 cm³/mol. The van der Waals surface area contributed by atoms with Crippen molar-refractivity contribution in [2.75, 3.05) is 0 Å². The normalized spacial score (nSPS) is 14.8. The molecule has 0 aliphatic carbocycles. The van der Waals surface area contributed by atoms with Crippen LogP contribution in [0.4, 0.5) is 13.2 Å². The van der Waals surface area contributed by atoms with E-state index in [1.54, 1.807) is 0 Å². The Bertz CT molecular complexity index is 268. The van der Waals surface area contributed by atoms with Gasteiger partial charge in [0.2, 0.25) is 0 Å². The third-order valence-electron chi connectivity index (χ3n) is 1.33. The second-order valence-corrected chi connectivity index (χ2v) is 2.37. The van der Waals surface area contributed by atoms with Gasteiger partial charge in [0.15, 0.2) is 6.10 Å². The van der Waals surface area contributed by atoms with Crippen LogP contribution in [0.3, 0.4) is 0 Å². The van der Waals surface area contributed by atoms with Gasteiger partial charge in [0.1, 0.15) is 5.82 Å². The Hall–Kier alpha value is -1.04. The molecular weight excluding hydrogens is 173 g/mol. The number of aliphatic hydroxyl groups is 1. The Morgan fingerprint density at radius 1 is 1.58 bits per heavy atom. The van der Waals surface area contributed by atoms with Gasteiger partial charge in [-0.3, -0.25) is 0 Å². The number of hydrogen-bond acceptors (Lipinski definition) is 2. The Labute approximate surface area is 66.2 Å². The number of aryl methyl sites for hydroxylation is 1. The van der Waals surface area contributed by atoms with Gasteiger partial charge in [-0.05, 0) is 6.92 Å². The Morgan fingerprint density at radius 3 is 2.50 bits per heavy atom. The number of rotatable bonds is 1. The molecule has 1 aromatic rings. The number of aliphatic hydroxyl groups excluding tert-OH is 1. The molecule has 0 fully saturated rings. The van der Waals surface area contributed by atoms with Crippen molar-refractivity contribution < 1.29 is 18.3 Å². The summed E-state index contributed by atoms with van der Waals surface area (Å²) in [4.78, 5) is 5.84. The minimum atomic E-state index is -4.64. The van der Waals surface area contributed by atoms with Crippen molar-refractivity contribution >= 4 is 0 Å². The highest BCUT2D eigenvalue weighted by Gasteiger charge is 2.40. The van der Waals surface area contributed by atoms with Gasteiger partial charge < -0.3 is 10.1 Å². The van der Waals surface area contributed by atoms with Crippen LogP contribution in [-0.2, 0) is 0 Å². The van der Waals surface area contributed by atoms with Crippen molar-refractivity contribution in [1.82, 2.24) is 9.97 Å². The highest BCUT2D eigenvalue weighted by molar-refractivity contribution is 5.05. The van der Waals surface area contributed by atoms with E-state index in [1.165, 1.54) is 6.92 Å². The number of nitrogens with zero attached hydrogens (tertiary/aromatic N) is 1. The molecule has 68 valence electrons. The summed E-state index contributed by atoms with van der Waals surface area (Å²) in [6, 6.07) is 0. The van der Waals surface area contributed by atoms with Gasteiger partial charge >= 0.3 is 6.18 Å². The lowest BCUT2D eigenvalue weighted by molar-refractivity contribution is -0.207. The second-order valence-electron chi connectivity index (χ2n) is 2.37. The lowest BCUT2D eigenvalue weighted by Gasteiger charge is -2.11. The zero-order valence-corrected chi connectivity index (χ0v) is 6.18. The van der Waals surface area contributed by atoms with Crippen LogP contribution in [-0.4, -0.2) is 21.3 Å². The molecule has 0 bridgehead atoms. The molecule has 1 heterocycles. The average molecular weight is 180 g/mol. The van der Waals surface area contributed by atoms with Crippen LogP contribution in [0.5, 0.6) is 0 Å². The third-order valence-corrected chi connectivity index (χ3v) is 1.33. The van der Waals surface area contributed by atoms with Crippen LogP contribution in [0.1, 0.15) is 17.6 Å². The maximum atomic E-state index is 11.8. The fraction of sp³-hybridized carbons (Fsp3) is 0.500. The molecule has 6 heteroatoms. The second kappa shape index (κ2) is 2.78. The zero-order chi connectivity index (χ0) is 9.35. The molecule has 1 rings (SSSR count). The predicted octanol–water partition coefficient (Wildman–Crippen LogP) is 1.31. The molecule has 0 unspecified atom stereocenters. The first-order chi connectivity index (χ1) is 5.41. The number of aromatic nitrogens is 2. The number of halogens is 3. The van der Waals surface area contributed by atoms with Crippen LogP contribution in [0.2, 0.25) is 0 Å². The van der Waals surface area contributed by atoms with Crippen molar-refractivity contribution in [3.63, 3.8) is 0 Å². The largest absolute Gasteiger partial charge is 0.420 e. The summed E-state index contributed by atoms with van der Waals surface area (Å²) in [6.07, 6.45) is -6.15. The highest BCUT2D eigenvalue weighted by atomic mass is 19.4. The molecule has 0 amide bonds. The quantitative estimate of drug-likeness (QED) is 0.684. The lowest BCUT2D eigenvalue weighted by Crippen LogP contribution is -2.20. The molecule has 0 aromatic carbocycles. The van der Waals surface area contributed by atoms with Crippen molar-refractivity contribution in [3.05, 3.63) is 17.7 Å². The molecular formula is C6H7F3N2O. The Morgan fingerprint density at radius 2 is 2.17 bits per heavy atom. The number of nitrogens with one attached hydrogen (secondary N) is 1. The Kier molecular flexibility index (Phi) is 2.10. The smallest absolute Gasteiger partial charge is 0.378 e. The van der Waals surface area contributed by atoms with Crippen LogP contribution >= 0.6 is 0 Å². The van der Waals surface area contributed by atoms with E-state index >= 15 is 0 Å². The minimum Gasteiger partial charge on any atom is -0.378 e. The standard InChI is InChI=1S/C6H7F3N2O/c1-3-10-2-4(11-3)5(12)6(7,8)9/h2,5,12H,1H3,(H,10,11)/t5-/m0/s1. The maximum absolute atomic E-state index is 11.8. The monoisotopic (exact) mass is 180 g/mol. The molecule has 0 aliphatic heterocycles.